The first-order valence-electron chi connectivity index (χ1n) is 8.28. The molecular formula is C20H26N2O. The molecule has 0 fully saturated rings. The number of aryl methyl sites for hydroxylation is 3. The van der Waals surface area contributed by atoms with Crippen LogP contribution in [0.5, 0.6) is 0 Å². The minimum absolute atomic E-state index is 0.171. The van der Waals surface area contributed by atoms with E-state index in [-0.39, 0.29) is 6.03 Å². The zero-order valence-corrected chi connectivity index (χ0v) is 14.3. The maximum absolute atomic E-state index is 12.0. The van der Waals surface area contributed by atoms with E-state index in [0.29, 0.717) is 6.54 Å². The number of hydrogen-bond donors (Lipinski definition) is 2. The van der Waals surface area contributed by atoms with Gasteiger partial charge in [-0.15, -0.1) is 0 Å². The number of anilines is 1. The monoisotopic (exact) mass is 310 g/mol. The van der Waals surface area contributed by atoms with Crippen molar-refractivity contribution in [1.82, 2.24) is 5.32 Å². The fraction of sp³-hybridized carbons (Fsp3) is 0.350. The summed E-state index contributed by atoms with van der Waals surface area (Å²) in [4.78, 5) is 12.0. The topological polar surface area (TPSA) is 41.1 Å². The molecule has 3 heteroatoms. The van der Waals surface area contributed by atoms with Crippen molar-refractivity contribution in [3.63, 3.8) is 0 Å². The number of carbonyl (C=O) groups excluding carboxylic acids is 1. The summed E-state index contributed by atoms with van der Waals surface area (Å²) in [5.41, 5.74) is 5.61. The molecule has 2 rings (SSSR count). The summed E-state index contributed by atoms with van der Waals surface area (Å²) < 4.78 is 0. The Morgan fingerprint density at radius 1 is 1.00 bits per heavy atom. The van der Waals surface area contributed by atoms with Crippen molar-refractivity contribution in [2.24, 2.45) is 0 Å². The molecule has 2 aromatic rings. The zero-order chi connectivity index (χ0) is 16.7. The molecule has 0 saturated heterocycles. The highest BCUT2D eigenvalue weighted by Gasteiger charge is 2.05. The summed E-state index contributed by atoms with van der Waals surface area (Å²) >= 11 is 0. The molecule has 0 bridgehead atoms. The molecule has 0 aliphatic rings. The van der Waals surface area contributed by atoms with Gasteiger partial charge in [0.2, 0.25) is 0 Å². The van der Waals surface area contributed by atoms with Gasteiger partial charge in [0.1, 0.15) is 0 Å². The standard InChI is InChI=1S/C20H26N2O/c1-4-5-6-17-11-12-19(16(3)13-17)22-20(23)21-14-18-9-7-15(2)8-10-18/h7-13H,4-6,14H2,1-3H3,(H2,21,22,23). The minimum atomic E-state index is -0.171. The van der Waals surface area contributed by atoms with E-state index in [0.717, 1.165) is 23.2 Å². The largest absolute Gasteiger partial charge is 0.334 e. The average Bonchev–Trinajstić information content (AvgIpc) is 2.54. The summed E-state index contributed by atoms with van der Waals surface area (Å²) in [6, 6.07) is 14.2. The van der Waals surface area contributed by atoms with Crippen molar-refractivity contribution in [3.05, 3.63) is 64.7 Å². The predicted octanol–water partition coefficient (Wildman–Crippen LogP) is 4.97. The number of unbranched alkanes of at least 4 members (excludes halogenated alkanes) is 1. The number of hydrogen-bond acceptors (Lipinski definition) is 1. The lowest BCUT2D eigenvalue weighted by molar-refractivity contribution is 0.251. The van der Waals surface area contributed by atoms with E-state index in [2.05, 4.69) is 36.6 Å². The second kappa shape index (κ2) is 8.37. The van der Waals surface area contributed by atoms with E-state index in [1.165, 1.54) is 24.0 Å². The van der Waals surface area contributed by atoms with Crippen LogP contribution in [0.2, 0.25) is 0 Å². The minimum Gasteiger partial charge on any atom is -0.334 e. The van der Waals surface area contributed by atoms with Gasteiger partial charge in [0.15, 0.2) is 0 Å². The van der Waals surface area contributed by atoms with Crippen LogP contribution in [0.1, 0.15) is 42.0 Å². The van der Waals surface area contributed by atoms with Crippen LogP contribution in [0.25, 0.3) is 0 Å². The molecule has 122 valence electrons. The van der Waals surface area contributed by atoms with E-state index in [1.54, 1.807) is 0 Å². The van der Waals surface area contributed by atoms with Crippen molar-refractivity contribution in [1.29, 1.82) is 0 Å². The first-order valence-corrected chi connectivity index (χ1v) is 8.28. The normalized spacial score (nSPS) is 10.4. The molecule has 2 N–H and O–H groups in total. The van der Waals surface area contributed by atoms with Crippen molar-refractivity contribution in [2.75, 3.05) is 5.32 Å². The Morgan fingerprint density at radius 2 is 1.70 bits per heavy atom. The number of urea groups is 1. The lowest BCUT2D eigenvalue weighted by Crippen LogP contribution is -2.28. The quantitative estimate of drug-likeness (QED) is 0.777. The van der Waals surface area contributed by atoms with Crippen LogP contribution in [0, 0.1) is 13.8 Å². The van der Waals surface area contributed by atoms with E-state index in [1.807, 2.05) is 37.3 Å². The van der Waals surface area contributed by atoms with Gasteiger partial charge in [-0.2, -0.15) is 0 Å². The Kier molecular flexibility index (Phi) is 6.21. The van der Waals surface area contributed by atoms with Crippen LogP contribution >= 0.6 is 0 Å². The third kappa shape index (κ3) is 5.44. The van der Waals surface area contributed by atoms with Crippen LogP contribution in [-0.2, 0) is 13.0 Å². The summed E-state index contributed by atoms with van der Waals surface area (Å²) in [7, 11) is 0. The molecule has 0 aromatic heterocycles. The van der Waals surface area contributed by atoms with Gasteiger partial charge in [-0.1, -0.05) is 55.3 Å². The fourth-order valence-electron chi connectivity index (χ4n) is 2.46. The van der Waals surface area contributed by atoms with Crippen LogP contribution in [-0.4, -0.2) is 6.03 Å². The van der Waals surface area contributed by atoms with Crippen LogP contribution in [0.3, 0.4) is 0 Å². The van der Waals surface area contributed by atoms with Gasteiger partial charge in [0.25, 0.3) is 0 Å². The van der Waals surface area contributed by atoms with E-state index in [9.17, 15) is 4.79 Å². The Morgan fingerprint density at radius 3 is 2.35 bits per heavy atom. The molecule has 0 radical (unpaired) electrons. The SMILES string of the molecule is CCCCc1ccc(NC(=O)NCc2ccc(C)cc2)c(C)c1. The Bertz CT molecular complexity index is 647. The number of amides is 2. The van der Waals surface area contributed by atoms with Crippen molar-refractivity contribution in [3.8, 4) is 0 Å². The van der Waals surface area contributed by atoms with E-state index < -0.39 is 0 Å². The highest BCUT2D eigenvalue weighted by molar-refractivity contribution is 5.90. The lowest BCUT2D eigenvalue weighted by Gasteiger charge is -2.11. The highest BCUT2D eigenvalue weighted by Crippen LogP contribution is 2.18. The molecule has 0 saturated carbocycles. The van der Waals surface area contributed by atoms with Gasteiger partial charge in [-0.25, -0.2) is 4.79 Å². The fourth-order valence-corrected chi connectivity index (χ4v) is 2.46. The average molecular weight is 310 g/mol. The molecule has 0 spiro atoms. The number of benzene rings is 2. The Labute approximate surface area is 139 Å². The second-order valence-electron chi connectivity index (χ2n) is 6.05. The van der Waals surface area contributed by atoms with Gasteiger partial charge in [0, 0.05) is 12.2 Å². The van der Waals surface area contributed by atoms with Gasteiger partial charge in [-0.05, 0) is 49.4 Å². The van der Waals surface area contributed by atoms with Crippen molar-refractivity contribution >= 4 is 11.7 Å². The van der Waals surface area contributed by atoms with Crippen LogP contribution in [0.15, 0.2) is 42.5 Å². The maximum atomic E-state index is 12.0. The highest BCUT2D eigenvalue weighted by atomic mass is 16.2. The van der Waals surface area contributed by atoms with E-state index in [4.69, 9.17) is 0 Å². The lowest BCUT2D eigenvalue weighted by atomic mass is 10.0. The zero-order valence-electron chi connectivity index (χ0n) is 14.3. The van der Waals surface area contributed by atoms with Gasteiger partial charge < -0.3 is 10.6 Å². The number of rotatable bonds is 6. The summed E-state index contributed by atoms with van der Waals surface area (Å²) in [5, 5.41) is 5.82. The molecule has 0 unspecified atom stereocenters. The Hall–Kier alpha value is -2.29. The molecule has 0 aliphatic heterocycles. The Balaban J connectivity index is 1.88. The third-order valence-electron chi connectivity index (χ3n) is 3.93. The van der Waals surface area contributed by atoms with E-state index >= 15 is 0 Å². The van der Waals surface area contributed by atoms with Gasteiger partial charge >= 0.3 is 6.03 Å². The van der Waals surface area contributed by atoms with Crippen molar-refractivity contribution < 1.29 is 4.79 Å². The van der Waals surface area contributed by atoms with Gasteiger partial charge in [-0.3, -0.25) is 0 Å². The maximum Gasteiger partial charge on any atom is 0.319 e. The first-order chi connectivity index (χ1) is 11.1. The molecule has 0 atom stereocenters. The van der Waals surface area contributed by atoms with Gasteiger partial charge in [0.05, 0.1) is 0 Å². The number of nitrogens with one attached hydrogen (secondary N) is 2. The second-order valence-corrected chi connectivity index (χ2v) is 6.05. The van der Waals surface area contributed by atoms with Crippen LogP contribution < -0.4 is 10.6 Å². The predicted molar refractivity (Wildman–Crippen MR) is 96.8 cm³/mol. The smallest absolute Gasteiger partial charge is 0.319 e. The molecule has 3 nitrogen and oxygen atoms in total. The molecule has 0 heterocycles. The first kappa shape index (κ1) is 17.1. The molecule has 0 aliphatic carbocycles. The molecular weight excluding hydrogens is 284 g/mol. The summed E-state index contributed by atoms with van der Waals surface area (Å²) in [6.07, 6.45) is 3.49. The molecule has 2 amide bonds. The van der Waals surface area contributed by atoms with Crippen molar-refractivity contribution in [2.45, 2.75) is 46.6 Å². The molecule has 2 aromatic carbocycles. The summed E-state index contributed by atoms with van der Waals surface area (Å²) in [6.45, 7) is 6.81. The third-order valence-corrected chi connectivity index (χ3v) is 3.93. The van der Waals surface area contributed by atoms with Crippen LogP contribution in [0.4, 0.5) is 10.5 Å². The molecule has 23 heavy (non-hydrogen) atoms. The number of carbonyl (C=O) groups is 1. The summed E-state index contributed by atoms with van der Waals surface area (Å²) in [5.74, 6) is 0.